The summed E-state index contributed by atoms with van der Waals surface area (Å²) in [6.45, 7) is 11.8. The average molecular weight is 273 g/mol. The van der Waals surface area contributed by atoms with E-state index in [0.29, 0.717) is 0 Å². The molecule has 0 radical (unpaired) electrons. The minimum Gasteiger partial charge on any atom is -0.315 e. The van der Waals surface area contributed by atoms with Crippen molar-refractivity contribution in [2.75, 3.05) is 32.4 Å². The van der Waals surface area contributed by atoms with Crippen LogP contribution in [0.3, 0.4) is 0 Å². The van der Waals surface area contributed by atoms with Crippen molar-refractivity contribution in [3.63, 3.8) is 0 Å². The van der Waals surface area contributed by atoms with Crippen molar-refractivity contribution in [3.05, 3.63) is 0 Å². The van der Waals surface area contributed by atoms with E-state index in [1.807, 2.05) is 0 Å². The molecule has 3 heteroatoms. The molecule has 1 saturated heterocycles. The normalized spacial score (nSPS) is 24.2. The first kappa shape index (κ1) is 16.3. The van der Waals surface area contributed by atoms with Gasteiger partial charge in [0, 0.05) is 17.8 Å². The predicted molar refractivity (Wildman–Crippen MR) is 84.5 cm³/mol. The quantitative estimate of drug-likeness (QED) is 0.766. The van der Waals surface area contributed by atoms with Gasteiger partial charge in [-0.25, -0.2) is 0 Å². The van der Waals surface area contributed by atoms with Crippen molar-refractivity contribution in [1.29, 1.82) is 0 Å². The van der Waals surface area contributed by atoms with Crippen LogP contribution in [0.4, 0.5) is 0 Å². The smallest absolute Gasteiger partial charge is 0.0218 e. The molecule has 18 heavy (non-hydrogen) atoms. The van der Waals surface area contributed by atoms with Gasteiger partial charge in [0.1, 0.15) is 0 Å². The van der Waals surface area contributed by atoms with E-state index in [1.165, 1.54) is 45.3 Å². The summed E-state index contributed by atoms with van der Waals surface area (Å²) in [6.07, 6.45) is 7.71. The Morgan fingerprint density at radius 3 is 2.61 bits per heavy atom. The molecular formula is C15H32N2S. The lowest BCUT2D eigenvalue weighted by Crippen LogP contribution is -2.43. The van der Waals surface area contributed by atoms with Crippen LogP contribution in [-0.2, 0) is 0 Å². The van der Waals surface area contributed by atoms with Gasteiger partial charge in [-0.05, 0) is 57.5 Å². The minimum absolute atomic E-state index is 0.740. The van der Waals surface area contributed by atoms with Crippen molar-refractivity contribution in [1.82, 2.24) is 10.2 Å². The standard InChI is InChI=1S/C15H32N2S/c1-5-14(12-16-11-13(2)3)17-9-6-7-15(18-4)8-10-17/h13-16H,5-12H2,1-4H3. The van der Waals surface area contributed by atoms with E-state index in [9.17, 15) is 0 Å². The van der Waals surface area contributed by atoms with Gasteiger partial charge in [-0.3, -0.25) is 4.90 Å². The highest BCUT2D eigenvalue weighted by Crippen LogP contribution is 2.22. The number of likely N-dealkylation sites (tertiary alicyclic amines) is 1. The molecule has 1 aliphatic rings. The van der Waals surface area contributed by atoms with Gasteiger partial charge in [0.15, 0.2) is 0 Å². The van der Waals surface area contributed by atoms with Gasteiger partial charge in [0.05, 0.1) is 0 Å². The van der Waals surface area contributed by atoms with Gasteiger partial charge in [-0.2, -0.15) is 11.8 Å². The molecule has 0 aromatic rings. The van der Waals surface area contributed by atoms with Crippen molar-refractivity contribution in [2.24, 2.45) is 5.92 Å². The fourth-order valence-corrected chi connectivity index (χ4v) is 3.50. The van der Waals surface area contributed by atoms with Crippen LogP contribution in [0.25, 0.3) is 0 Å². The zero-order chi connectivity index (χ0) is 13.4. The van der Waals surface area contributed by atoms with E-state index in [0.717, 1.165) is 23.8 Å². The third-order valence-corrected chi connectivity index (χ3v) is 5.10. The second-order valence-electron chi connectivity index (χ2n) is 5.94. The Bertz CT molecular complexity index is 209. The number of hydrogen-bond acceptors (Lipinski definition) is 3. The first-order chi connectivity index (χ1) is 8.67. The highest BCUT2D eigenvalue weighted by molar-refractivity contribution is 7.99. The maximum Gasteiger partial charge on any atom is 0.0218 e. The Hall–Kier alpha value is 0.270. The van der Waals surface area contributed by atoms with Crippen LogP contribution < -0.4 is 5.32 Å². The molecule has 1 fully saturated rings. The molecule has 1 rings (SSSR count). The summed E-state index contributed by atoms with van der Waals surface area (Å²) >= 11 is 2.06. The predicted octanol–water partition coefficient (Wildman–Crippen LogP) is 3.23. The molecule has 0 amide bonds. The Balaban J connectivity index is 2.34. The van der Waals surface area contributed by atoms with Crippen LogP contribution in [0.5, 0.6) is 0 Å². The third kappa shape index (κ3) is 5.94. The van der Waals surface area contributed by atoms with E-state index in [-0.39, 0.29) is 0 Å². The molecule has 0 aliphatic carbocycles. The number of nitrogens with zero attached hydrogens (tertiary/aromatic N) is 1. The Morgan fingerprint density at radius 2 is 2.00 bits per heavy atom. The molecule has 108 valence electrons. The Morgan fingerprint density at radius 1 is 1.22 bits per heavy atom. The van der Waals surface area contributed by atoms with E-state index < -0.39 is 0 Å². The zero-order valence-corrected chi connectivity index (χ0v) is 13.6. The maximum atomic E-state index is 3.63. The molecular weight excluding hydrogens is 240 g/mol. The van der Waals surface area contributed by atoms with Gasteiger partial charge in [-0.15, -0.1) is 0 Å². The van der Waals surface area contributed by atoms with Crippen molar-refractivity contribution < 1.29 is 0 Å². The van der Waals surface area contributed by atoms with Gasteiger partial charge in [0.25, 0.3) is 0 Å². The highest BCUT2D eigenvalue weighted by atomic mass is 32.2. The maximum absolute atomic E-state index is 3.63. The molecule has 0 aromatic carbocycles. The molecule has 0 spiro atoms. The summed E-state index contributed by atoms with van der Waals surface area (Å²) in [7, 11) is 0. The van der Waals surface area contributed by atoms with Crippen molar-refractivity contribution >= 4 is 11.8 Å². The fourth-order valence-electron chi connectivity index (χ4n) is 2.76. The first-order valence-corrected chi connectivity index (χ1v) is 8.93. The molecule has 2 nitrogen and oxygen atoms in total. The van der Waals surface area contributed by atoms with Gasteiger partial charge < -0.3 is 5.32 Å². The van der Waals surface area contributed by atoms with Gasteiger partial charge in [0.2, 0.25) is 0 Å². The zero-order valence-electron chi connectivity index (χ0n) is 12.7. The number of thioether (sulfide) groups is 1. The molecule has 0 aromatic heterocycles. The lowest BCUT2D eigenvalue weighted by molar-refractivity contribution is 0.192. The molecule has 2 unspecified atom stereocenters. The molecule has 0 saturated carbocycles. The van der Waals surface area contributed by atoms with Crippen LogP contribution in [0.15, 0.2) is 0 Å². The summed E-state index contributed by atoms with van der Waals surface area (Å²) in [6, 6.07) is 0.740. The third-order valence-electron chi connectivity index (χ3n) is 3.96. The van der Waals surface area contributed by atoms with Crippen molar-refractivity contribution in [3.8, 4) is 0 Å². The SMILES string of the molecule is CCC(CNCC(C)C)N1CCCC(SC)CC1. The number of rotatable bonds is 7. The second-order valence-corrected chi connectivity index (χ2v) is 7.08. The lowest BCUT2D eigenvalue weighted by atomic mass is 10.1. The number of nitrogens with one attached hydrogen (secondary N) is 1. The second kappa shape index (κ2) is 9.22. The van der Waals surface area contributed by atoms with Crippen LogP contribution in [0.2, 0.25) is 0 Å². The fraction of sp³-hybridized carbons (Fsp3) is 1.00. The Kier molecular flexibility index (Phi) is 8.36. The molecule has 0 bridgehead atoms. The molecule has 2 atom stereocenters. The summed E-state index contributed by atoms with van der Waals surface area (Å²) < 4.78 is 0. The molecule has 1 N–H and O–H groups in total. The van der Waals surface area contributed by atoms with E-state index >= 15 is 0 Å². The summed E-state index contributed by atoms with van der Waals surface area (Å²) in [5, 5.41) is 4.53. The van der Waals surface area contributed by atoms with Gasteiger partial charge in [-0.1, -0.05) is 20.8 Å². The highest BCUT2D eigenvalue weighted by Gasteiger charge is 2.21. The topological polar surface area (TPSA) is 15.3 Å². The average Bonchev–Trinajstić information content (AvgIpc) is 2.59. The molecule has 1 heterocycles. The first-order valence-electron chi connectivity index (χ1n) is 7.64. The molecule has 1 aliphatic heterocycles. The summed E-state index contributed by atoms with van der Waals surface area (Å²) in [5.74, 6) is 0.757. The van der Waals surface area contributed by atoms with Gasteiger partial charge >= 0.3 is 0 Å². The van der Waals surface area contributed by atoms with Crippen LogP contribution in [-0.4, -0.2) is 48.6 Å². The minimum atomic E-state index is 0.740. The van der Waals surface area contributed by atoms with E-state index in [1.54, 1.807) is 0 Å². The van der Waals surface area contributed by atoms with Crippen LogP contribution in [0, 0.1) is 5.92 Å². The Labute approximate surface area is 118 Å². The lowest BCUT2D eigenvalue weighted by Gasteiger charge is -2.30. The number of hydrogen-bond donors (Lipinski definition) is 1. The van der Waals surface area contributed by atoms with E-state index in [2.05, 4.69) is 49.0 Å². The van der Waals surface area contributed by atoms with Crippen molar-refractivity contribution in [2.45, 2.75) is 57.7 Å². The van der Waals surface area contributed by atoms with Crippen LogP contribution in [0.1, 0.15) is 46.5 Å². The monoisotopic (exact) mass is 272 g/mol. The van der Waals surface area contributed by atoms with E-state index in [4.69, 9.17) is 0 Å². The largest absolute Gasteiger partial charge is 0.315 e. The summed E-state index contributed by atoms with van der Waals surface area (Å²) in [4.78, 5) is 2.73. The summed E-state index contributed by atoms with van der Waals surface area (Å²) in [5.41, 5.74) is 0. The van der Waals surface area contributed by atoms with Crippen LogP contribution >= 0.6 is 11.8 Å².